The van der Waals surface area contributed by atoms with Crippen LogP contribution < -0.4 is 9.47 Å². The predicted molar refractivity (Wildman–Crippen MR) is 147 cm³/mol. The summed E-state index contributed by atoms with van der Waals surface area (Å²) in [4.78, 5) is 26.6. The van der Waals surface area contributed by atoms with E-state index in [4.69, 9.17) is 9.47 Å². The normalized spacial score (nSPS) is 21.3. The SMILES string of the molecule is O=C(CCC/C=C\C[C@@H]1[C@@H](/C=C/[C@@H](O)COc2cccc(C(F)(F)F)c2)[C@H](O)C[C@@H]1O)Oc1ccc(CO[N+](=O)[O-])cc1. The van der Waals surface area contributed by atoms with E-state index in [0.29, 0.717) is 30.6 Å². The van der Waals surface area contributed by atoms with Gasteiger partial charge in [-0.25, -0.2) is 0 Å². The third kappa shape index (κ3) is 11.3. The van der Waals surface area contributed by atoms with Crippen molar-refractivity contribution in [3.05, 3.63) is 94.1 Å². The fraction of sp³-hybridized carbons (Fsp3) is 0.433. The van der Waals surface area contributed by atoms with Crippen LogP contribution in [0.25, 0.3) is 0 Å². The molecule has 0 aromatic heterocycles. The monoisotopic (exact) mass is 609 g/mol. The van der Waals surface area contributed by atoms with Crippen molar-refractivity contribution in [2.75, 3.05) is 6.61 Å². The van der Waals surface area contributed by atoms with Gasteiger partial charge in [0.2, 0.25) is 0 Å². The summed E-state index contributed by atoms with van der Waals surface area (Å²) in [5.74, 6) is -0.923. The molecule has 1 saturated carbocycles. The highest BCUT2D eigenvalue weighted by molar-refractivity contribution is 5.72. The van der Waals surface area contributed by atoms with Crippen LogP contribution >= 0.6 is 0 Å². The van der Waals surface area contributed by atoms with Crippen LogP contribution in [0, 0.1) is 22.0 Å². The van der Waals surface area contributed by atoms with Gasteiger partial charge in [-0.1, -0.05) is 42.5 Å². The number of rotatable bonds is 15. The van der Waals surface area contributed by atoms with Crippen LogP contribution in [-0.2, 0) is 22.4 Å². The molecule has 0 radical (unpaired) electrons. The van der Waals surface area contributed by atoms with Gasteiger partial charge >= 0.3 is 12.1 Å². The number of unbranched alkanes of at least 4 members (excludes halogenated alkanes) is 1. The van der Waals surface area contributed by atoms with Gasteiger partial charge in [0.1, 0.15) is 30.8 Å². The molecule has 2 aromatic carbocycles. The summed E-state index contributed by atoms with van der Waals surface area (Å²) in [5.41, 5.74) is -0.306. The molecule has 10 nitrogen and oxygen atoms in total. The molecule has 0 bridgehead atoms. The maximum Gasteiger partial charge on any atom is 0.416 e. The van der Waals surface area contributed by atoms with E-state index in [1.807, 2.05) is 12.2 Å². The minimum Gasteiger partial charge on any atom is -0.491 e. The number of allylic oxidation sites excluding steroid dienone is 2. The van der Waals surface area contributed by atoms with E-state index in [1.54, 1.807) is 18.2 Å². The molecule has 0 unspecified atom stereocenters. The number of aliphatic hydroxyl groups is 3. The van der Waals surface area contributed by atoms with E-state index in [1.165, 1.54) is 30.3 Å². The molecular weight excluding hydrogens is 575 g/mol. The summed E-state index contributed by atoms with van der Waals surface area (Å²) < 4.78 is 49.1. The van der Waals surface area contributed by atoms with Crippen LogP contribution in [0.1, 0.15) is 43.2 Å². The maximum absolute atomic E-state index is 12.9. The fourth-order valence-corrected chi connectivity index (χ4v) is 4.66. The van der Waals surface area contributed by atoms with Gasteiger partial charge < -0.3 is 29.6 Å². The van der Waals surface area contributed by atoms with Crippen molar-refractivity contribution in [2.24, 2.45) is 11.8 Å². The lowest BCUT2D eigenvalue weighted by Gasteiger charge is -2.19. The number of benzene rings is 2. The van der Waals surface area contributed by atoms with E-state index in [9.17, 15) is 43.4 Å². The van der Waals surface area contributed by atoms with Crippen LogP contribution in [0.3, 0.4) is 0 Å². The summed E-state index contributed by atoms with van der Waals surface area (Å²) in [5, 5.41) is 40.4. The highest BCUT2D eigenvalue weighted by atomic mass is 19.4. The average molecular weight is 610 g/mol. The van der Waals surface area contributed by atoms with Gasteiger partial charge in [-0.2, -0.15) is 13.2 Å². The van der Waals surface area contributed by atoms with E-state index in [0.717, 1.165) is 12.1 Å². The molecule has 0 amide bonds. The van der Waals surface area contributed by atoms with Crippen molar-refractivity contribution >= 4 is 5.97 Å². The topological polar surface area (TPSA) is 149 Å². The average Bonchev–Trinajstić information content (AvgIpc) is 3.23. The quantitative estimate of drug-likeness (QED) is 0.0647. The molecule has 0 aliphatic heterocycles. The minimum atomic E-state index is -4.51. The molecule has 5 atom stereocenters. The Morgan fingerprint density at radius 2 is 1.84 bits per heavy atom. The second kappa shape index (κ2) is 16.1. The first kappa shape index (κ1) is 33.6. The molecular formula is C30H34F3NO9. The Hall–Kier alpha value is -3.94. The molecule has 1 fully saturated rings. The third-order valence-corrected chi connectivity index (χ3v) is 6.87. The smallest absolute Gasteiger partial charge is 0.416 e. The Kier molecular flexibility index (Phi) is 12.5. The fourth-order valence-electron chi connectivity index (χ4n) is 4.66. The number of halogens is 3. The van der Waals surface area contributed by atoms with Crippen molar-refractivity contribution in [1.82, 2.24) is 0 Å². The Morgan fingerprint density at radius 1 is 1.09 bits per heavy atom. The summed E-state index contributed by atoms with van der Waals surface area (Å²) in [7, 11) is 0. The van der Waals surface area contributed by atoms with Gasteiger partial charge in [0.05, 0.1) is 17.8 Å². The van der Waals surface area contributed by atoms with Gasteiger partial charge in [-0.05, 0) is 61.1 Å². The lowest BCUT2D eigenvalue weighted by atomic mass is 9.89. The molecule has 1 aliphatic carbocycles. The zero-order chi connectivity index (χ0) is 31.4. The van der Waals surface area contributed by atoms with Gasteiger partial charge in [-0.3, -0.25) is 4.79 Å². The molecule has 3 N–H and O–H groups in total. The lowest BCUT2D eigenvalue weighted by Crippen LogP contribution is -2.21. The maximum atomic E-state index is 12.9. The van der Waals surface area contributed by atoms with Crippen LogP contribution in [0.5, 0.6) is 11.5 Å². The van der Waals surface area contributed by atoms with E-state index in [-0.39, 0.29) is 37.7 Å². The molecule has 2 aromatic rings. The highest BCUT2D eigenvalue weighted by Gasteiger charge is 2.39. The number of esters is 1. The number of carbonyl (C=O) groups is 1. The number of carbonyl (C=O) groups excluding carboxylic acids is 1. The van der Waals surface area contributed by atoms with Gasteiger partial charge in [0, 0.05) is 18.8 Å². The number of nitrogens with zero attached hydrogens (tertiary/aromatic N) is 1. The predicted octanol–water partition coefficient (Wildman–Crippen LogP) is 4.79. The second-order valence-electron chi connectivity index (χ2n) is 10.1. The van der Waals surface area contributed by atoms with Crippen LogP contribution in [0.4, 0.5) is 13.2 Å². The Balaban J connectivity index is 1.39. The van der Waals surface area contributed by atoms with Gasteiger partial charge in [0.15, 0.2) is 0 Å². The first-order valence-corrected chi connectivity index (χ1v) is 13.7. The van der Waals surface area contributed by atoms with Crippen LogP contribution in [0.15, 0.2) is 72.8 Å². The zero-order valence-corrected chi connectivity index (χ0v) is 23.1. The number of alkyl halides is 3. The Bertz CT molecular complexity index is 1250. The van der Waals surface area contributed by atoms with Crippen molar-refractivity contribution in [2.45, 2.75) is 63.2 Å². The van der Waals surface area contributed by atoms with E-state index < -0.39 is 47.0 Å². The van der Waals surface area contributed by atoms with Gasteiger partial charge in [-0.15, -0.1) is 10.1 Å². The molecule has 1 aliphatic rings. The van der Waals surface area contributed by atoms with Crippen molar-refractivity contribution in [3.63, 3.8) is 0 Å². The van der Waals surface area contributed by atoms with E-state index >= 15 is 0 Å². The van der Waals surface area contributed by atoms with Crippen molar-refractivity contribution in [1.29, 1.82) is 0 Å². The third-order valence-electron chi connectivity index (χ3n) is 6.87. The largest absolute Gasteiger partial charge is 0.491 e. The number of hydrogen-bond acceptors (Lipinski definition) is 9. The Morgan fingerprint density at radius 3 is 2.53 bits per heavy atom. The minimum absolute atomic E-state index is 0.0357. The van der Waals surface area contributed by atoms with Gasteiger partial charge in [0.25, 0.3) is 5.09 Å². The molecule has 0 saturated heterocycles. The standard InChI is InChI=1S/C30H34F3NO9/c31-30(32,33)21-6-5-7-24(16-21)41-19-22(35)12-15-26-25(27(36)17-28(26)37)8-3-1-2-4-9-29(38)43-23-13-10-20(11-14-23)18-42-34(39)40/h1,3,5-7,10-16,22,25-28,35-37H,2,4,8-9,17-19H2/b3-1-,15-12+/t22-,25-,26-,27+,28-/m1/s1. The summed E-state index contributed by atoms with van der Waals surface area (Å²) in [6.45, 7) is -0.495. The lowest BCUT2D eigenvalue weighted by molar-refractivity contribution is -0.763. The van der Waals surface area contributed by atoms with E-state index in [2.05, 4.69) is 4.84 Å². The molecule has 43 heavy (non-hydrogen) atoms. The number of aliphatic hydroxyl groups excluding tert-OH is 3. The van der Waals surface area contributed by atoms with Crippen molar-refractivity contribution in [3.8, 4) is 11.5 Å². The first-order valence-electron chi connectivity index (χ1n) is 13.7. The molecule has 3 rings (SSSR count). The van der Waals surface area contributed by atoms with Crippen LogP contribution in [0.2, 0.25) is 0 Å². The highest BCUT2D eigenvalue weighted by Crippen LogP contribution is 2.36. The molecule has 13 heteroatoms. The Labute approximate surface area is 246 Å². The van der Waals surface area contributed by atoms with Crippen LogP contribution in [-0.4, -0.2) is 51.3 Å². The second-order valence-corrected chi connectivity index (χ2v) is 10.1. The number of ether oxygens (including phenoxy) is 2. The summed E-state index contributed by atoms with van der Waals surface area (Å²) in [6.07, 6.45) is 1.33. The summed E-state index contributed by atoms with van der Waals surface area (Å²) >= 11 is 0. The number of hydrogen-bond donors (Lipinski definition) is 3. The summed E-state index contributed by atoms with van der Waals surface area (Å²) in [6, 6.07) is 10.5. The first-order chi connectivity index (χ1) is 20.4. The molecule has 234 valence electrons. The zero-order valence-electron chi connectivity index (χ0n) is 23.1. The molecule has 0 heterocycles. The molecule has 0 spiro atoms. The van der Waals surface area contributed by atoms with Crippen molar-refractivity contribution < 1.29 is 52.7 Å².